The molecular weight excluding hydrogens is 342 g/mol. The van der Waals surface area contributed by atoms with Gasteiger partial charge in [0, 0.05) is 17.5 Å². The minimum absolute atomic E-state index is 0.0173. The van der Waals surface area contributed by atoms with Gasteiger partial charge in [0.15, 0.2) is 0 Å². The topological polar surface area (TPSA) is 79.0 Å². The number of hydrogen-bond acceptors (Lipinski definition) is 5. The number of nitrogens with one attached hydrogen (secondary N) is 1. The van der Waals surface area contributed by atoms with Gasteiger partial charge >= 0.3 is 0 Å². The van der Waals surface area contributed by atoms with Gasteiger partial charge in [-0.1, -0.05) is 0 Å². The molecule has 1 heterocycles. The summed E-state index contributed by atoms with van der Waals surface area (Å²) in [5, 5.41) is 22.8. The predicted molar refractivity (Wildman–Crippen MR) is 82.0 cm³/mol. The molecule has 2 rings (SSSR count). The third kappa shape index (κ3) is 3.56. The lowest BCUT2D eigenvalue weighted by Crippen LogP contribution is -2.06. The Balaban J connectivity index is 2.07. The van der Waals surface area contributed by atoms with Gasteiger partial charge in [0.05, 0.1) is 20.3 Å². The van der Waals surface area contributed by atoms with Gasteiger partial charge < -0.3 is 5.32 Å². The van der Waals surface area contributed by atoms with Crippen molar-refractivity contribution in [2.75, 3.05) is 11.9 Å². The SMILES string of the molecule is N#Cc1ccc([N+](=O)[O-])c(NCCc2ccc(Br)s2)c1. The van der Waals surface area contributed by atoms with E-state index in [1.54, 1.807) is 11.3 Å². The molecular formula is C13H10BrN3O2S. The van der Waals surface area contributed by atoms with Crippen LogP contribution in [0.4, 0.5) is 11.4 Å². The van der Waals surface area contributed by atoms with Crippen LogP contribution in [0.5, 0.6) is 0 Å². The lowest BCUT2D eigenvalue weighted by molar-refractivity contribution is -0.384. The zero-order valence-electron chi connectivity index (χ0n) is 10.3. The molecule has 0 spiro atoms. The Morgan fingerprint density at radius 2 is 2.20 bits per heavy atom. The Bertz CT molecular complexity index is 678. The largest absolute Gasteiger partial charge is 0.379 e. The second-order valence-electron chi connectivity index (χ2n) is 3.98. The number of thiophene rings is 1. The number of hydrogen-bond donors (Lipinski definition) is 1. The number of rotatable bonds is 5. The molecule has 0 aliphatic carbocycles. The molecule has 0 aliphatic rings. The van der Waals surface area contributed by atoms with Crippen LogP contribution >= 0.6 is 27.3 Å². The van der Waals surface area contributed by atoms with Gasteiger partial charge in [0.25, 0.3) is 5.69 Å². The highest BCUT2D eigenvalue weighted by atomic mass is 79.9. The van der Waals surface area contributed by atoms with Crippen LogP contribution in [0.2, 0.25) is 0 Å². The quantitative estimate of drug-likeness (QED) is 0.653. The van der Waals surface area contributed by atoms with E-state index in [2.05, 4.69) is 21.2 Å². The Morgan fingerprint density at radius 3 is 2.80 bits per heavy atom. The first-order valence-electron chi connectivity index (χ1n) is 5.77. The molecule has 20 heavy (non-hydrogen) atoms. The van der Waals surface area contributed by atoms with Crippen LogP contribution in [0.25, 0.3) is 0 Å². The standard InChI is InChI=1S/C13H10BrN3O2S/c14-13-4-2-10(20-13)5-6-16-11-7-9(8-15)1-3-12(11)17(18)19/h1-4,7,16H,5-6H2. The fraction of sp³-hybridized carbons (Fsp3) is 0.154. The molecule has 0 atom stereocenters. The number of nitrogens with zero attached hydrogens (tertiary/aromatic N) is 2. The van der Waals surface area contributed by atoms with E-state index in [4.69, 9.17) is 5.26 Å². The first-order valence-corrected chi connectivity index (χ1v) is 7.37. The minimum atomic E-state index is -0.453. The molecule has 0 bridgehead atoms. The highest BCUT2D eigenvalue weighted by Crippen LogP contribution is 2.26. The number of nitriles is 1. The monoisotopic (exact) mass is 351 g/mol. The van der Waals surface area contributed by atoms with Crippen LogP contribution in [0.1, 0.15) is 10.4 Å². The number of nitro groups is 1. The predicted octanol–water partition coefficient (Wildman–Crippen LogP) is 3.95. The summed E-state index contributed by atoms with van der Waals surface area (Å²) >= 11 is 5.02. The molecule has 0 unspecified atom stereocenters. The van der Waals surface area contributed by atoms with Crippen molar-refractivity contribution in [2.24, 2.45) is 0 Å². The van der Waals surface area contributed by atoms with Crippen LogP contribution in [-0.2, 0) is 6.42 Å². The third-order valence-corrected chi connectivity index (χ3v) is 4.32. The van der Waals surface area contributed by atoms with Crippen molar-refractivity contribution in [3.63, 3.8) is 0 Å². The van der Waals surface area contributed by atoms with Gasteiger partial charge in [0.2, 0.25) is 0 Å². The van der Waals surface area contributed by atoms with E-state index < -0.39 is 4.92 Å². The maximum atomic E-state index is 10.9. The average molecular weight is 352 g/mol. The summed E-state index contributed by atoms with van der Waals surface area (Å²) in [6.45, 7) is 0.572. The molecule has 0 saturated heterocycles. The summed E-state index contributed by atoms with van der Waals surface area (Å²) in [6, 6.07) is 10.3. The molecule has 5 nitrogen and oxygen atoms in total. The Morgan fingerprint density at radius 1 is 1.40 bits per heavy atom. The summed E-state index contributed by atoms with van der Waals surface area (Å²) < 4.78 is 1.06. The van der Waals surface area contributed by atoms with E-state index in [-0.39, 0.29) is 5.69 Å². The van der Waals surface area contributed by atoms with Gasteiger partial charge in [-0.15, -0.1) is 11.3 Å². The molecule has 0 amide bonds. The van der Waals surface area contributed by atoms with Crippen molar-refractivity contribution in [3.8, 4) is 6.07 Å². The van der Waals surface area contributed by atoms with Gasteiger partial charge in [-0.25, -0.2) is 0 Å². The average Bonchev–Trinajstić information content (AvgIpc) is 2.84. The van der Waals surface area contributed by atoms with E-state index in [0.717, 1.165) is 10.2 Å². The van der Waals surface area contributed by atoms with Crippen LogP contribution in [0.3, 0.4) is 0 Å². The number of anilines is 1. The molecule has 0 radical (unpaired) electrons. The molecule has 0 saturated carbocycles. The third-order valence-electron chi connectivity index (χ3n) is 2.64. The van der Waals surface area contributed by atoms with Crippen molar-refractivity contribution in [2.45, 2.75) is 6.42 Å². The van der Waals surface area contributed by atoms with Crippen molar-refractivity contribution >= 4 is 38.6 Å². The smallest absolute Gasteiger partial charge is 0.292 e. The van der Waals surface area contributed by atoms with E-state index in [1.165, 1.54) is 23.1 Å². The van der Waals surface area contributed by atoms with Crippen molar-refractivity contribution in [3.05, 3.63) is 54.7 Å². The van der Waals surface area contributed by atoms with Crippen molar-refractivity contribution < 1.29 is 4.92 Å². The normalized spacial score (nSPS) is 10.0. The highest BCUT2D eigenvalue weighted by Gasteiger charge is 2.13. The molecule has 1 aromatic heterocycles. The fourth-order valence-electron chi connectivity index (χ4n) is 1.71. The lowest BCUT2D eigenvalue weighted by atomic mass is 10.2. The summed E-state index contributed by atoms with van der Waals surface area (Å²) in [6.07, 6.45) is 0.768. The maximum absolute atomic E-state index is 10.9. The fourth-order valence-corrected chi connectivity index (χ4v) is 3.20. The second kappa shape index (κ2) is 6.50. The minimum Gasteiger partial charge on any atom is -0.379 e. The Labute approximate surface area is 128 Å². The summed E-state index contributed by atoms with van der Waals surface area (Å²) in [4.78, 5) is 11.7. The van der Waals surface area contributed by atoms with Gasteiger partial charge in [-0.05, 0) is 46.6 Å². The lowest BCUT2D eigenvalue weighted by Gasteiger charge is -2.06. The maximum Gasteiger partial charge on any atom is 0.292 e. The molecule has 2 aromatic rings. The molecule has 102 valence electrons. The van der Waals surface area contributed by atoms with Crippen LogP contribution < -0.4 is 5.32 Å². The molecule has 0 aliphatic heterocycles. The van der Waals surface area contributed by atoms with Gasteiger partial charge in [0.1, 0.15) is 5.69 Å². The van der Waals surface area contributed by atoms with E-state index in [1.807, 2.05) is 18.2 Å². The van der Waals surface area contributed by atoms with Gasteiger partial charge in [-0.2, -0.15) is 5.26 Å². The first-order chi connectivity index (χ1) is 9.60. The first kappa shape index (κ1) is 14.5. The zero-order chi connectivity index (χ0) is 14.5. The van der Waals surface area contributed by atoms with E-state index >= 15 is 0 Å². The van der Waals surface area contributed by atoms with Crippen molar-refractivity contribution in [1.82, 2.24) is 0 Å². The number of halogens is 1. The van der Waals surface area contributed by atoms with E-state index in [9.17, 15) is 10.1 Å². The van der Waals surface area contributed by atoms with Crippen LogP contribution in [0, 0.1) is 21.4 Å². The number of nitro benzene ring substituents is 1. The molecule has 1 aromatic carbocycles. The van der Waals surface area contributed by atoms with E-state index in [0.29, 0.717) is 17.8 Å². The van der Waals surface area contributed by atoms with Gasteiger partial charge in [-0.3, -0.25) is 10.1 Å². The van der Waals surface area contributed by atoms with Crippen LogP contribution in [-0.4, -0.2) is 11.5 Å². The zero-order valence-corrected chi connectivity index (χ0v) is 12.7. The highest BCUT2D eigenvalue weighted by molar-refractivity contribution is 9.11. The summed E-state index contributed by atoms with van der Waals surface area (Å²) in [5.41, 5.74) is 0.762. The Hall–Kier alpha value is -1.91. The summed E-state index contributed by atoms with van der Waals surface area (Å²) in [5.74, 6) is 0. The molecule has 0 fully saturated rings. The number of benzene rings is 1. The van der Waals surface area contributed by atoms with Crippen molar-refractivity contribution in [1.29, 1.82) is 5.26 Å². The summed E-state index contributed by atoms with van der Waals surface area (Å²) in [7, 11) is 0. The second-order valence-corrected chi connectivity index (χ2v) is 6.53. The molecule has 1 N–H and O–H groups in total. The van der Waals surface area contributed by atoms with Crippen LogP contribution in [0.15, 0.2) is 34.1 Å². The Kier molecular flexibility index (Phi) is 4.71. The molecule has 7 heteroatoms.